The van der Waals surface area contributed by atoms with E-state index in [0.29, 0.717) is 21.7 Å². The van der Waals surface area contributed by atoms with Gasteiger partial charge >= 0.3 is 11.8 Å². The molecule has 0 saturated heterocycles. The molecule has 0 aliphatic heterocycles. The second-order valence-corrected chi connectivity index (χ2v) is 5.68. The van der Waals surface area contributed by atoms with E-state index in [-0.39, 0.29) is 6.61 Å². The number of carbonyl (C=O) groups is 1. The van der Waals surface area contributed by atoms with E-state index in [2.05, 4.69) is 11.6 Å². The van der Waals surface area contributed by atoms with Crippen molar-refractivity contribution in [3.05, 3.63) is 48.1 Å². The van der Waals surface area contributed by atoms with E-state index in [1.807, 2.05) is 0 Å². The van der Waals surface area contributed by atoms with Crippen LogP contribution < -0.4 is 4.74 Å². The van der Waals surface area contributed by atoms with Crippen LogP contribution in [0.2, 0.25) is 5.02 Å². The molecule has 0 radical (unpaired) electrons. The maximum atomic E-state index is 11.8. The van der Waals surface area contributed by atoms with Gasteiger partial charge in [0.2, 0.25) is 0 Å². The largest absolute Gasteiger partial charge is 0.476 e. The third kappa shape index (κ3) is 3.30. The number of hydrogen-bond acceptors (Lipinski definition) is 4. The number of nitrogens with zero attached hydrogens (tertiary/aromatic N) is 1. The fourth-order valence-electron chi connectivity index (χ4n) is 2.21. The first-order chi connectivity index (χ1) is 10.9. The Balaban J connectivity index is 2.54. The Kier molecular flexibility index (Phi) is 5.23. The van der Waals surface area contributed by atoms with Gasteiger partial charge in [-0.05, 0) is 24.3 Å². The van der Waals surface area contributed by atoms with Crippen molar-refractivity contribution < 1.29 is 19.4 Å². The van der Waals surface area contributed by atoms with E-state index in [4.69, 9.17) is 21.1 Å². The number of carboxylic acids is 1. The highest BCUT2D eigenvalue weighted by molar-refractivity contribution is 6.35. The van der Waals surface area contributed by atoms with E-state index in [1.165, 1.54) is 6.08 Å². The lowest BCUT2D eigenvalue weighted by Gasteiger charge is -2.33. The number of benzene rings is 1. The molecule has 0 amide bonds. The number of rotatable bonds is 7. The van der Waals surface area contributed by atoms with E-state index in [0.717, 1.165) is 0 Å². The van der Waals surface area contributed by atoms with Crippen LogP contribution in [-0.2, 0) is 9.53 Å². The van der Waals surface area contributed by atoms with Crippen molar-refractivity contribution in [2.75, 3.05) is 6.61 Å². The molecule has 1 heterocycles. The molecule has 6 heteroatoms. The second-order valence-electron chi connectivity index (χ2n) is 5.27. The zero-order valence-electron chi connectivity index (χ0n) is 13.0. The van der Waals surface area contributed by atoms with Crippen molar-refractivity contribution in [3.63, 3.8) is 0 Å². The molecule has 0 saturated carbocycles. The Hall–Kier alpha value is -2.11. The summed E-state index contributed by atoms with van der Waals surface area (Å²) >= 11 is 6.15. The van der Waals surface area contributed by atoms with Gasteiger partial charge in [-0.3, -0.25) is 4.98 Å². The van der Waals surface area contributed by atoms with Crippen LogP contribution in [0.4, 0.5) is 0 Å². The number of ether oxygens (including phenoxy) is 2. The molecular formula is C17H18ClNO4. The third-order valence-electron chi connectivity index (χ3n) is 3.41. The van der Waals surface area contributed by atoms with Crippen molar-refractivity contribution >= 4 is 28.5 Å². The minimum absolute atomic E-state index is 0.0451. The van der Waals surface area contributed by atoms with Crippen LogP contribution in [0.1, 0.15) is 13.8 Å². The highest BCUT2D eigenvalue weighted by atomic mass is 35.5. The molecule has 0 aliphatic rings. The zero-order valence-corrected chi connectivity index (χ0v) is 13.7. The summed E-state index contributed by atoms with van der Waals surface area (Å²) in [6, 6.07) is 6.77. The third-order valence-corrected chi connectivity index (χ3v) is 3.74. The summed E-state index contributed by atoms with van der Waals surface area (Å²) < 4.78 is 11.3. The zero-order chi connectivity index (χ0) is 17.0. The number of aromatic nitrogens is 1. The molecular weight excluding hydrogens is 318 g/mol. The van der Waals surface area contributed by atoms with Gasteiger partial charge < -0.3 is 14.6 Å². The second kappa shape index (κ2) is 6.98. The van der Waals surface area contributed by atoms with Gasteiger partial charge in [-0.1, -0.05) is 31.5 Å². The Bertz CT molecular complexity index is 732. The number of hydrogen-bond donors (Lipinski definition) is 1. The lowest BCUT2D eigenvalue weighted by atomic mass is 10.0. The molecule has 1 aromatic carbocycles. The van der Waals surface area contributed by atoms with Crippen LogP contribution in [0.15, 0.2) is 43.1 Å². The van der Waals surface area contributed by atoms with E-state index < -0.39 is 17.7 Å². The normalized spacial score (nSPS) is 13.7. The molecule has 1 aromatic heterocycles. The molecule has 2 aromatic rings. The first kappa shape index (κ1) is 17.2. The lowest BCUT2D eigenvalue weighted by molar-refractivity contribution is -0.223. The molecule has 0 spiro atoms. The number of pyridine rings is 1. The van der Waals surface area contributed by atoms with Crippen LogP contribution in [0.25, 0.3) is 10.9 Å². The molecule has 23 heavy (non-hydrogen) atoms. The van der Waals surface area contributed by atoms with Gasteiger partial charge in [-0.15, -0.1) is 6.58 Å². The van der Waals surface area contributed by atoms with Gasteiger partial charge in [-0.25, -0.2) is 4.79 Å². The molecule has 0 aliphatic carbocycles. The summed E-state index contributed by atoms with van der Waals surface area (Å²) in [7, 11) is 0. The van der Waals surface area contributed by atoms with E-state index in [1.54, 1.807) is 44.3 Å². The minimum Gasteiger partial charge on any atom is -0.476 e. The summed E-state index contributed by atoms with van der Waals surface area (Å²) in [6.45, 7) is 7.01. The summed E-state index contributed by atoms with van der Waals surface area (Å²) in [5.41, 5.74) is 0.480. The van der Waals surface area contributed by atoms with Gasteiger partial charge in [0, 0.05) is 17.5 Å². The molecule has 0 fully saturated rings. The quantitative estimate of drug-likeness (QED) is 0.613. The Morgan fingerprint density at radius 1 is 1.48 bits per heavy atom. The van der Waals surface area contributed by atoms with Crippen LogP contribution in [0.3, 0.4) is 0 Å². The number of fused-ring (bicyclic) bond motifs is 1. The van der Waals surface area contributed by atoms with Crippen LogP contribution in [-0.4, -0.2) is 28.5 Å². The summed E-state index contributed by atoms with van der Waals surface area (Å²) in [6.07, 6.45) is 3.07. The highest BCUT2D eigenvalue weighted by Crippen LogP contribution is 2.34. The molecule has 5 nitrogen and oxygen atoms in total. The minimum atomic E-state index is -1.84. The lowest BCUT2D eigenvalue weighted by Crippen LogP contribution is -2.52. The number of halogens is 1. The fraction of sp³-hybridized carbons (Fsp3) is 0.294. The standard InChI is InChI=1S/C17H18ClNO4/c1-4-10-22-17(11(2)3,16(20)21)23-14-8-7-13(18)12-6-5-9-19-15(12)14/h4-9,11H,1,10H2,2-3H3,(H,20,21). The van der Waals surface area contributed by atoms with E-state index in [9.17, 15) is 9.90 Å². The Morgan fingerprint density at radius 2 is 2.22 bits per heavy atom. The fourth-order valence-corrected chi connectivity index (χ4v) is 2.42. The van der Waals surface area contributed by atoms with Crippen molar-refractivity contribution in [2.45, 2.75) is 19.6 Å². The average Bonchev–Trinajstić information content (AvgIpc) is 2.53. The van der Waals surface area contributed by atoms with Gasteiger partial charge in [-0.2, -0.15) is 0 Å². The maximum absolute atomic E-state index is 11.8. The SMILES string of the molecule is C=CCOC(Oc1ccc(Cl)c2cccnc12)(C(=O)O)C(C)C. The van der Waals surface area contributed by atoms with Crippen molar-refractivity contribution in [1.82, 2.24) is 4.98 Å². The molecule has 122 valence electrons. The maximum Gasteiger partial charge on any atom is 0.377 e. The number of aliphatic carboxylic acids is 1. The monoisotopic (exact) mass is 335 g/mol. The topological polar surface area (TPSA) is 68.7 Å². The van der Waals surface area contributed by atoms with Crippen LogP contribution >= 0.6 is 11.6 Å². The first-order valence-corrected chi connectivity index (χ1v) is 7.50. The Labute approximate surface area is 139 Å². The van der Waals surface area contributed by atoms with E-state index >= 15 is 0 Å². The van der Waals surface area contributed by atoms with Crippen molar-refractivity contribution in [1.29, 1.82) is 0 Å². The molecule has 0 bridgehead atoms. The average molecular weight is 336 g/mol. The van der Waals surface area contributed by atoms with Crippen molar-refractivity contribution in [2.24, 2.45) is 5.92 Å². The van der Waals surface area contributed by atoms with Gasteiger partial charge in [0.05, 0.1) is 11.6 Å². The Morgan fingerprint density at radius 3 is 2.83 bits per heavy atom. The molecule has 1 unspecified atom stereocenters. The summed E-state index contributed by atoms with van der Waals surface area (Å²) in [5, 5.41) is 10.9. The smallest absolute Gasteiger partial charge is 0.377 e. The summed E-state index contributed by atoms with van der Waals surface area (Å²) in [5.74, 6) is -3.21. The number of carboxylic acid groups (broad SMARTS) is 1. The first-order valence-electron chi connectivity index (χ1n) is 7.13. The molecule has 1 atom stereocenters. The van der Waals surface area contributed by atoms with Gasteiger partial charge in [0.15, 0.2) is 0 Å². The van der Waals surface area contributed by atoms with Gasteiger partial charge in [0.1, 0.15) is 11.3 Å². The van der Waals surface area contributed by atoms with Crippen LogP contribution in [0.5, 0.6) is 5.75 Å². The predicted molar refractivity (Wildman–Crippen MR) is 88.7 cm³/mol. The van der Waals surface area contributed by atoms with Gasteiger partial charge in [0.25, 0.3) is 0 Å². The predicted octanol–water partition coefficient (Wildman–Crippen LogP) is 3.91. The highest BCUT2D eigenvalue weighted by Gasteiger charge is 2.46. The summed E-state index contributed by atoms with van der Waals surface area (Å²) in [4.78, 5) is 16.1. The van der Waals surface area contributed by atoms with Crippen molar-refractivity contribution in [3.8, 4) is 5.75 Å². The molecule has 2 rings (SSSR count). The molecule has 1 N–H and O–H groups in total. The van der Waals surface area contributed by atoms with Crippen LogP contribution in [0, 0.1) is 5.92 Å².